The Balaban J connectivity index is 1.66. The number of methoxy groups -OCH3 is 1. The van der Waals surface area contributed by atoms with E-state index in [9.17, 15) is 4.79 Å². The van der Waals surface area contributed by atoms with Gasteiger partial charge in [0.05, 0.1) is 29.9 Å². The number of carbonyl (C=O) groups excluding carboxylic acids is 1. The van der Waals surface area contributed by atoms with Crippen molar-refractivity contribution < 1.29 is 9.53 Å². The zero-order chi connectivity index (χ0) is 22.9. The molecule has 0 saturated heterocycles. The quantitative estimate of drug-likeness (QED) is 0.399. The van der Waals surface area contributed by atoms with Crippen LogP contribution in [0.2, 0.25) is 5.02 Å². The van der Waals surface area contributed by atoms with E-state index in [1.165, 1.54) is 11.3 Å². The minimum absolute atomic E-state index is 0.0462. The molecule has 5 rings (SSSR count). The number of Topliss-reactive ketones (excluding diaryl/α,β-unsaturated/α-hetero) is 1. The highest BCUT2D eigenvalue weighted by atomic mass is 35.5. The summed E-state index contributed by atoms with van der Waals surface area (Å²) in [5, 5.41) is 12.0. The molecule has 1 aliphatic heterocycles. The molecule has 9 heteroatoms. The van der Waals surface area contributed by atoms with E-state index in [1.54, 1.807) is 13.3 Å². The Bertz CT molecular complexity index is 1350. The van der Waals surface area contributed by atoms with Gasteiger partial charge in [-0.1, -0.05) is 23.7 Å². The van der Waals surface area contributed by atoms with Crippen molar-refractivity contribution in [1.29, 1.82) is 0 Å². The topological polar surface area (TPSA) is 82.3 Å². The van der Waals surface area contributed by atoms with Gasteiger partial charge in [0.1, 0.15) is 23.4 Å². The van der Waals surface area contributed by atoms with Crippen LogP contribution in [0.3, 0.4) is 0 Å². The molecule has 1 atom stereocenters. The normalized spacial score (nSPS) is 14.8. The summed E-state index contributed by atoms with van der Waals surface area (Å²) in [4.78, 5) is 22.3. The third-order valence-corrected chi connectivity index (χ3v) is 6.53. The number of nitrogens with zero attached hydrogens (tertiary/aromatic N) is 5. The van der Waals surface area contributed by atoms with Crippen LogP contribution in [0.4, 0.5) is 0 Å². The van der Waals surface area contributed by atoms with Gasteiger partial charge in [0.15, 0.2) is 5.82 Å². The minimum atomic E-state index is -0.497. The number of hydrogen-bond acceptors (Lipinski definition) is 7. The average molecular weight is 478 g/mol. The lowest BCUT2D eigenvalue weighted by atomic mass is 10.00. The number of hydrogen-bond donors (Lipinski definition) is 0. The number of benzene rings is 2. The molecule has 0 bridgehead atoms. The third-order valence-electron chi connectivity index (χ3n) is 5.50. The van der Waals surface area contributed by atoms with Gasteiger partial charge >= 0.3 is 0 Å². The van der Waals surface area contributed by atoms with Crippen LogP contribution in [-0.4, -0.2) is 38.4 Å². The number of halogens is 1. The van der Waals surface area contributed by atoms with Gasteiger partial charge in [0.25, 0.3) is 0 Å². The number of rotatable bonds is 6. The van der Waals surface area contributed by atoms with Gasteiger partial charge < -0.3 is 4.74 Å². The van der Waals surface area contributed by atoms with Crippen molar-refractivity contribution in [1.82, 2.24) is 19.7 Å². The Labute approximate surface area is 199 Å². The van der Waals surface area contributed by atoms with Crippen LogP contribution in [0.5, 0.6) is 5.75 Å². The fraction of sp³-hybridized carbons (Fsp3) is 0.208. The second-order valence-corrected chi connectivity index (χ2v) is 9.09. The van der Waals surface area contributed by atoms with Crippen molar-refractivity contribution in [3.05, 3.63) is 86.8 Å². The fourth-order valence-corrected chi connectivity index (χ4v) is 4.74. The van der Waals surface area contributed by atoms with E-state index in [1.807, 2.05) is 59.3 Å². The van der Waals surface area contributed by atoms with E-state index in [4.69, 9.17) is 21.3 Å². The monoisotopic (exact) mass is 477 g/mol. The molecular formula is C24H20ClN5O2S. The molecule has 7 nitrogen and oxygen atoms in total. The first-order valence-electron chi connectivity index (χ1n) is 10.4. The van der Waals surface area contributed by atoms with Gasteiger partial charge in [-0.3, -0.25) is 14.4 Å². The molecule has 1 aliphatic rings. The minimum Gasteiger partial charge on any atom is -0.497 e. The van der Waals surface area contributed by atoms with Crippen molar-refractivity contribution in [3.8, 4) is 11.4 Å². The summed E-state index contributed by atoms with van der Waals surface area (Å²) >= 11 is 7.61. The van der Waals surface area contributed by atoms with Gasteiger partial charge in [-0.15, -0.1) is 21.5 Å². The van der Waals surface area contributed by atoms with Crippen molar-refractivity contribution >= 4 is 34.4 Å². The lowest BCUT2D eigenvalue weighted by molar-refractivity contribution is -0.118. The van der Waals surface area contributed by atoms with Gasteiger partial charge in [-0.25, -0.2) is 4.98 Å². The molecule has 1 unspecified atom stereocenters. The predicted molar refractivity (Wildman–Crippen MR) is 128 cm³/mol. The number of ketones is 1. The molecule has 33 heavy (non-hydrogen) atoms. The Morgan fingerprint density at radius 3 is 2.73 bits per heavy atom. The highest BCUT2D eigenvalue weighted by Crippen LogP contribution is 2.34. The third kappa shape index (κ3) is 4.19. The summed E-state index contributed by atoms with van der Waals surface area (Å²) in [5.74, 6) is 2.11. The second kappa shape index (κ2) is 8.88. The zero-order valence-electron chi connectivity index (χ0n) is 18.0. The molecule has 3 heterocycles. The van der Waals surface area contributed by atoms with Crippen molar-refractivity contribution in [3.63, 3.8) is 0 Å². The highest BCUT2D eigenvalue weighted by molar-refractivity contribution is 7.09. The van der Waals surface area contributed by atoms with Crippen molar-refractivity contribution in [2.45, 2.75) is 25.8 Å². The van der Waals surface area contributed by atoms with Gasteiger partial charge in [-0.2, -0.15) is 0 Å². The van der Waals surface area contributed by atoms with Crippen molar-refractivity contribution in [2.24, 2.45) is 4.99 Å². The highest BCUT2D eigenvalue weighted by Gasteiger charge is 2.30. The largest absolute Gasteiger partial charge is 0.497 e. The standard InChI is InChI=1S/C24H20ClN5O2S/c1-14-28-29-24-20(11-17(31)12-22-26-9-10-33-22)27-23(15-3-5-16(25)6-4-15)19-13-18(32-2)7-8-21(19)30(14)24/h3-10,13,20H,11-12H2,1-2H3. The Morgan fingerprint density at radius 2 is 2.00 bits per heavy atom. The lowest BCUT2D eigenvalue weighted by Crippen LogP contribution is -2.12. The summed E-state index contributed by atoms with van der Waals surface area (Å²) in [6, 6.07) is 12.8. The molecular weight excluding hydrogens is 458 g/mol. The number of aliphatic imine (C=N–C) groups is 1. The molecule has 2 aromatic carbocycles. The summed E-state index contributed by atoms with van der Waals surface area (Å²) in [6.07, 6.45) is 2.17. The molecule has 0 aliphatic carbocycles. The van der Waals surface area contributed by atoms with Crippen LogP contribution in [0, 0.1) is 6.92 Å². The number of thiazole rings is 1. The van der Waals surface area contributed by atoms with Crippen LogP contribution in [0.15, 0.2) is 59.0 Å². The second-order valence-electron chi connectivity index (χ2n) is 7.67. The number of fused-ring (bicyclic) bond motifs is 3. The molecule has 166 valence electrons. The molecule has 2 aromatic heterocycles. The summed E-state index contributed by atoms with van der Waals surface area (Å²) in [7, 11) is 1.63. The molecule has 0 radical (unpaired) electrons. The molecule has 4 aromatic rings. The van der Waals surface area contributed by atoms with Gasteiger partial charge in [-0.05, 0) is 37.3 Å². The van der Waals surface area contributed by atoms with Crippen LogP contribution >= 0.6 is 22.9 Å². The molecule has 0 fully saturated rings. The molecule has 0 amide bonds. The van der Waals surface area contributed by atoms with Crippen LogP contribution in [-0.2, 0) is 11.2 Å². The van der Waals surface area contributed by atoms with Gasteiger partial charge in [0, 0.05) is 34.1 Å². The number of ether oxygens (including phenoxy) is 1. The maximum absolute atomic E-state index is 13.0. The Morgan fingerprint density at radius 1 is 1.18 bits per heavy atom. The van der Waals surface area contributed by atoms with Gasteiger partial charge in [0.2, 0.25) is 0 Å². The molecule has 0 saturated carbocycles. The Kier molecular flexibility index (Phi) is 5.78. The van der Waals surface area contributed by atoms with E-state index in [2.05, 4.69) is 15.2 Å². The van der Waals surface area contributed by atoms with E-state index < -0.39 is 6.04 Å². The molecule has 0 N–H and O–H groups in total. The SMILES string of the molecule is COc1ccc2c(c1)C(c1ccc(Cl)cc1)=NC(CC(=O)Cc1nccs1)c1nnc(C)n1-2. The average Bonchev–Trinajstić information content (AvgIpc) is 3.43. The zero-order valence-corrected chi connectivity index (χ0v) is 19.6. The van der Waals surface area contributed by atoms with Crippen LogP contribution in [0.1, 0.15) is 40.2 Å². The smallest absolute Gasteiger partial charge is 0.162 e. The first-order chi connectivity index (χ1) is 16.0. The lowest BCUT2D eigenvalue weighted by Gasteiger charge is -2.14. The summed E-state index contributed by atoms with van der Waals surface area (Å²) in [6.45, 7) is 1.90. The van der Waals surface area contributed by atoms with E-state index >= 15 is 0 Å². The first kappa shape index (κ1) is 21.5. The van der Waals surface area contributed by atoms with Crippen LogP contribution in [0.25, 0.3) is 5.69 Å². The number of aromatic nitrogens is 4. The van der Waals surface area contributed by atoms with E-state index in [-0.39, 0.29) is 18.6 Å². The first-order valence-corrected chi connectivity index (χ1v) is 11.6. The number of aryl methyl sites for hydroxylation is 1. The fourth-order valence-electron chi connectivity index (χ4n) is 3.97. The Hall–Kier alpha value is -3.36. The predicted octanol–water partition coefficient (Wildman–Crippen LogP) is 4.79. The van der Waals surface area contributed by atoms with E-state index in [0.717, 1.165) is 33.4 Å². The molecule has 0 spiro atoms. The summed E-state index contributed by atoms with van der Waals surface area (Å²) in [5.41, 5.74) is 3.40. The number of carbonyl (C=O) groups is 1. The maximum atomic E-state index is 13.0. The maximum Gasteiger partial charge on any atom is 0.162 e. The van der Waals surface area contributed by atoms with Crippen LogP contribution < -0.4 is 4.74 Å². The summed E-state index contributed by atoms with van der Waals surface area (Å²) < 4.78 is 7.47. The van der Waals surface area contributed by atoms with Crippen molar-refractivity contribution in [2.75, 3.05) is 7.11 Å². The van der Waals surface area contributed by atoms with E-state index in [0.29, 0.717) is 16.6 Å².